The molecule has 0 aliphatic rings. The molecule has 5 heteroatoms. The van der Waals surface area contributed by atoms with Crippen LogP contribution in [0, 0.1) is 13.8 Å². The smallest absolute Gasteiger partial charge is 0.104 e. The van der Waals surface area contributed by atoms with Gasteiger partial charge in [-0.3, -0.25) is 0 Å². The van der Waals surface area contributed by atoms with E-state index in [1.807, 2.05) is 0 Å². The molecule has 0 radical (unpaired) electrons. The van der Waals surface area contributed by atoms with Gasteiger partial charge in [-0.25, -0.2) is 0 Å². The Morgan fingerprint density at radius 2 is 1.00 bits per heavy atom. The van der Waals surface area contributed by atoms with Gasteiger partial charge in [-0.15, -0.1) is 13.2 Å². The van der Waals surface area contributed by atoms with Crippen LogP contribution in [0.2, 0.25) is 0 Å². The van der Waals surface area contributed by atoms with Crippen molar-refractivity contribution >= 4 is 63.7 Å². The number of rotatable bonds is 6. The summed E-state index contributed by atoms with van der Waals surface area (Å²) in [5.41, 5.74) is 4.34. The zero-order chi connectivity index (χ0) is 18.7. The van der Waals surface area contributed by atoms with Gasteiger partial charge >= 0.3 is 0 Å². The molecule has 2 atom stereocenters. The van der Waals surface area contributed by atoms with E-state index in [-0.39, 0.29) is 12.2 Å². The highest BCUT2D eigenvalue weighted by molar-refractivity contribution is 9.11. The van der Waals surface area contributed by atoms with Crippen LogP contribution in [0.3, 0.4) is 0 Å². The third kappa shape index (κ3) is 4.95. The highest BCUT2D eigenvalue weighted by Crippen LogP contribution is 2.41. The first kappa shape index (κ1) is 21.1. The molecule has 0 fully saturated rings. The normalized spacial score (nSPS) is 13.4. The van der Waals surface area contributed by atoms with Crippen molar-refractivity contribution in [1.82, 2.24) is 0 Å². The van der Waals surface area contributed by atoms with Crippen molar-refractivity contribution in [3.05, 3.63) is 89.7 Å². The Labute approximate surface area is 183 Å². The van der Waals surface area contributed by atoms with Crippen molar-refractivity contribution in [2.75, 3.05) is 0 Å². The van der Waals surface area contributed by atoms with E-state index in [1.165, 1.54) is 0 Å². The predicted molar refractivity (Wildman–Crippen MR) is 120 cm³/mol. The Balaban J connectivity index is 2.44. The summed E-state index contributed by atoms with van der Waals surface area (Å²) in [6.45, 7) is 12.0. The molecule has 0 saturated heterocycles. The van der Waals surface area contributed by atoms with Gasteiger partial charge in [0.15, 0.2) is 0 Å². The fourth-order valence-electron chi connectivity index (χ4n) is 2.61. The van der Waals surface area contributed by atoms with Crippen molar-refractivity contribution < 1.29 is 4.74 Å². The second-order valence-electron chi connectivity index (χ2n) is 5.73. The van der Waals surface area contributed by atoms with Gasteiger partial charge in [0.05, 0.1) is 0 Å². The molecule has 0 saturated carbocycles. The van der Waals surface area contributed by atoms with Crippen molar-refractivity contribution in [3.63, 3.8) is 0 Å². The number of hydrogen-bond acceptors (Lipinski definition) is 1. The van der Waals surface area contributed by atoms with Crippen LogP contribution in [-0.2, 0) is 4.74 Å². The summed E-state index contributed by atoms with van der Waals surface area (Å²) in [5, 5.41) is 0. The van der Waals surface area contributed by atoms with Crippen LogP contribution in [0.15, 0.2) is 67.5 Å². The number of benzene rings is 2. The van der Waals surface area contributed by atoms with Crippen molar-refractivity contribution in [2.45, 2.75) is 26.1 Å². The minimum Gasteiger partial charge on any atom is -0.357 e. The third-order valence-electron chi connectivity index (χ3n) is 3.74. The molecule has 25 heavy (non-hydrogen) atoms. The highest BCUT2D eigenvalue weighted by Gasteiger charge is 2.23. The third-order valence-corrected chi connectivity index (χ3v) is 6.36. The van der Waals surface area contributed by atoms with Crippen LogP contribution >= 0.6 is 63.7 Å². The molecular weight excluding hydrogens is 576 g/mol. The maximum atomic E-state index is 6.37. The summed E-state index contributed by atoms with van der Waals surface area (Å²) in [6.07, 6.45) is 3.00. The molecule has 0 aromatic heterocycles. The first-order valence-electron chi connectivity index (χ1n) is 7.60. The zero-order valence-corrected chi connectivity index (χ0v) is 20.3. The van der Waals surface area contributed by atoms with Gasteiger partial charge in [0.2, 0.25) is 0 Å². The van der Waals surface area contributed by atoms with Gasteiger partial charge in [-0.2, -0.15) is 0 Å². The molecule has 0 heterocycles. The highest BCUT2D eigenvalue weighted by atomic mass is 79.9. The topological polar surface area (TPSA) is 9.23 Å². The maximum Gasteiger partial charge on any atom is 0.104 e. The van der Waals surface area contributed by atoms with Crippen LogP contribution in [-0.4, -0.2) is 0 Å². The van der Waals surface area contributed by atoms with Gasteiger partial charge in [0, 0.05) is 29.0 Å². The van der Waals surface area contributed by atoms with Crippen LogP contribution < -0.4 is 0 Å². The Kier molecular flexibility index (Phi) is 7.71. The minimum atomic E-state index is -0.299. The predicted octanol–water partition coefficient (Wildman–Crippen LogP) is 8.52. The van der Waals surface area contributed by atoms with Crippen LogP contribution in [0.4, 0.5) is 0 Å². The maximum absolute atomic E-state index is 6.37. The van der Waals surface area contributed by atoms with E-state index in [0.29, 0.717) is 0 Å². The van der Waals surface area contributed by atoms with Crippen molar-refractivity contribution in [2.24, 2.45) is 0 Å². The Morgan fingerprint density at radius 1 is 0.720 bits per heavy atom. The lowest BCUT2D eigenvalue weighted by Gasteiger charge is -2.25. The molecule has 2 rings (SSSR count). The lowest BCUT2D eigenvalue weighted by molar-refractivity contribution is 0.0387. The first-order valence-corrected chi connectivity index (χ1v) is 10.8. The molecule has 0 bridgehead atoms. The molecule has 0 aliphatic carbocycles. The second kappa shape index (κ2) is 9.14. The molecule has 0 spiro atoms. The number of halogens is 4. The van der Waals surface area contributed by atoms with E-state index >= 15 is 0 Å². The average molecular weight is 594 g/mol. The van der Waals surface area contributed by atoms with E-state index in [9.17, 15) is 0 Å². The van der Waals surface area contributed by atoms with Gasteiger partial charge in [0.25, 0.3) is 0 Å². The fraction of sp³-hybridized carbons (Fsp3) is 0.200. The number of ether oxygens (including phenoxy) is 1. The van der Waals surface area contributed by atoms with Gasteiger partial charge in [0.1, 0.15) is 12.2 Å². The number of hydrogen-bond donors (Lipinski definition) is 0. The lowest BCUT2D eigenvalue weighted by Crippen LogP contribution is -2.10. The summed E-state index contributed by atoms with van der Waals surface area (Å²) in [4.78, 5) is 0. The van der Waals surface area contributed by atoms with Crippen LogP contribution in [0.5, 0.6) is 0 Å². The minimum absolute atomic E-state index is 0.299. The summed E-state index contributed by atoms with van der Waals surface area (Å²) < 4.78 is 10.3. The molecule has 132 valence electrons. The monoisotopic (exact) mass is 590 g/mol. The van der Waals surface area contributed by atoms with Crippen LogP contribution in [0.1, 0.15) is 34.5 Å². The standard InChI is InChI=1S/C20H18Br4O/c1-5-17(19-13(21)7-11(3)8-14(19)22)25-18(6-2)20-15(23)9-12(4)10-16(20)24/h5-10,17-18H,1-2H2,3-4H3. The largest absolute Gasteiger partial charge is 0.357 e. The van der Waals surface area contributed by atoms with Crippen molar-refractivity contribution in [3.8, 4) is 0 Å². The van der Waals surface area contributed by atoms with Gasteiger partial charge < -0.3 is 4.74 Å². The van der Waals surface area contributed by atoms with Crippen LogP contribution in [0.25, 0.3) is 0 Å². The molecule has 0 amide bonds. The summed E-state index contributed by atoms with van der Waals surface area (Å²) >= 11 is 14.6. The summed E-state index contributed by atoms with van der Waals surface area (Å²) in [5.74, 6) is 0. The zero-order valence-electron chi connectivity index (χ0n) is 14.0. The molecular formula is C20H18Br4O. The van der Waals surface area contributed by atoms with Gasteiger partial charge in [-0.1, -0.05) is 75.9 Å². The van der Waals surface area contributed by atoms with Crippen molar-refractivity contribution in [1.29, 1.82) is 0 Å². The van der Waals surface area contributed by atoms with E-state index in [2.05, 4.69) is 115 Å². The second-order valence-corrected chi connectivity index (χ2v) is 9.15. The Bertz CT molecular complexity index is 700. The molecule has 0 aliphatic heterocycles. The van der Waals surface area contributed by atoms with Gasteiger partial charge in [-0.05, 0) is 49.2 Å². The number of aryl methyl sites for hydroxylation is 2. The fourth-order valence-corrected chi connectivity index (χ4v) is 6.34. The SMILES string of the molecule is C=CC(OC(C=C)c1c(Br)cc(C)cc1Br)c1c(Br)cc(C)cc1Br. The van der Waals surface area contributed by atoms with E-state index in [0.717, 1.165) is 40.1 Å². The Hall–Kier alpha value is -0.200. The molecule has 1 nitrogen and oxygen atoms in total. The summed E-state index contributed by atoms with van der Waals surface area (Å²) in [6, 6.07) is 8.28. The average Bonchev–Trinajstić information content (AvgIpc) is 2.50. The molecule has 0 N–H and O–H groups in total. The van der Waals surface area contributed by atoms with E-state index in [1.54, 1.807) is 12.2 Å². The molecule has 2 aromatic rings. The van der Waals surface area contributed by atoms with E-state index in [4.69, 9.17) is 4.74 Å². The lowest BCUT2D eigenvalue weighted by atomic mass is 10.0. The molecule has 2 unspecified atom stereocenters. The summed E-state index contributed by atoms with van der Waals surface area (Å²) in [7, 11) is 0. The quantitative estimate of drug-likeness (QED) is 0.305. The molecule has 2 aromatic carbocycles. The van der Waals surface area contributed by atoms with E-state index < -0.39 is 0 Å². The first-order chi connectivity index (χ1) is 11.8. The Morgan fingerprint density at radius 3 is 1.24 bits per heavy atom.